The summed E-state index contributed by atoms with van der Waals surface area (Å²) in [6.45, 7) is 4.18. The van der Waals surface area contributed by atoms with Crippen LogP contribution in [-0.2, 0) is 6.54 Å². The number of benzene rings is 2. The van der Waals surface area contributed by atoms with Gasteiger partial charge in [0.15, 0.2) is 5.78 Å². The third kappa shape index (κ3) is 8.56. The zero-order chi connectivity index (χ0) is 31.3. The smallest absolute Gasteiger partial charge is 0.490 e. The number of carbonyl (C=O) groups is 2. The molecule has 7 nitrogen and oxygen atoms in total. The quantitative estimate of drug-likeness (QED) is 0.205. The molecule has 2 fully saturated rings. The predicted octanol–water partition coefficient (Wildman–Crippen LogP) is 6.41. The van der Waals surface area contributed by atoms with E-state index in [9.17, 15) is 22.8 Å². The van der Waals surface area contributed by atoms with Gasteiger partial charge in [0.1, 0.15) is 29.5 Å². The van der Waals surface area contributed by atoms with Gasteiger partial charge >= 0.3 is 6.36 Å². The standard InChI is InChI=1S/C33H35F4N3O4/c1-22-2-7-26(8-3-22)43-27-13-16-40(17-14-27)32(42)25-6-11-30(38-19-25)31(41)18-24-12-15-39(21-29(24)34)20-23-4-9-28(10-5-23)44-33(35,36)37/h2-11,19,24,27,29H,12-18,20-21H2,1H3/t24?,29-/m1/s1. The van der Waals surface area contributed by atoms with Crippen LogP contribution >= 0.6 is 0 Å². The number of piperidine rings is 2. The van der Waals surface area contributed by atoms with Gasteiger partial charge in [0.25, 0.3) is 5.91 Å². The van der Waals surface area contributed by atoms with Crippen LogP contribution in [0.4, 0.5) is 17.6 Å². The monoisotopic (exact) mass is 613 g/mol. The number of amides is 1. The summed E-state index contributed by atoms with van der Waals surface area (Å²) >= 11 is 0. The van der Waals surface area contributed by atoms with Crippen LogP contribution in [0.5, 0.6) is 11.5 Å². The molecule has 3 heterocycles. The van der Waals surface area contributed by atoms with Crippen molar-refractivity contribution in [1.29, 1.82) is 0 Å². The molecule has 234 valence electrons. The topological polar surface area (TPSA) is 72.0 Å². The fourth-order valence-electron chi connectivity index (χ4n) is 5.64. The number of halogens is 4. The Bertz CT molecular complexity index is 1410. The second-order valence-electron chi connectivity index (χ2n) is 11.5. The van der Waals surface area contributed by atoms with Gasteiger partial charge in [0, 0.05) is 51.6 Å². The molecule has 0 aliphatic carbocycles. The second-order valence-corrected chi connectivity index (χ2v) is 11.5. The van der Waals surface area contributed by atoms with Crippen LogP contribution in [0.3, 0.4) is 0 Å². The molecule has 1 amide bonds. The lowest BCUT2D eigenvalue weighted by molar-refractivity contribution is -0.274. The number of hydrogen-bond donors (Lipinski definition) is 0. The number of rotatable bonds is 9. The van der Waals surface area contributed by atoms with E-state index in [0.29, 0.717) is 38.2 Å². The molecule has 1 unspecified atom stereocenters. The van der Waals surface area contributed by atoms with Gasteiger partial charge in [-0.25, -0.2) is 4.39 Å². The minimum atomic E-state index is -4.76. The molecule has 2 atom stereocenters. The Hall–Kier alpha value is -3.99. The van der Waals surface area contributed by atoms with Crippen molar-refractivity contribution in [3.8, 4) is 11.5 Å². The van der Waals surface area contributed by atoms with E-state index >= 15 is 4.39 Å². The minimum absolute atomic E-state index is 0.00722. The highest BCUT2D eigenvalue weighted by atomic mass is 19.4. The van der Waals surface area contributed by atoms with Gasteiger partial charge in [-0.05, 0) is 67.8 Å². The molecule has 3 aromatic rings. The number of nitrogens with zero attached hydrogens (tertiary/aromatic N) is 3. The molecule has 2 aliphatic heterocycles. The van der Waals surface area contributed by atoms with Crippen molar-refractivity contribution in [2.75, 3.05) is 26.2 Å². The van der Waals surface area contributed by atoms with Gasteiger partial charge < -0.3 is 14.4 Å². The van der Waals surface area contributed by atoms with Gasteiger partial charge in [-0.2, -0.15) is 0 Å². The fourth-order valence-corrected chi connectivity index (χ4v) is 5.64. The maximum Gasteiger partial charge on any atom is 0.573 e. The molecule has 1 aromatic heterocycles. The van der Waals surface area contributed by atoms with Crippen molar-refractivity contribution in [2.24, 2.45) is 5.92 Å². The van der Waals surface area contributed by atoms with Crippen LogP contribution in [0.15, 0.2) is 66.9 Å². The first-order valence-corrected chi connectivity index (χ1v) is 14.8. The normalized spacial score (nSPS) is 19.9. The van der Waals surface area contributed by atoms with Crippen LogP contribution in [0.25, 0.3) is 0 Å². The SMILES string of the molecule is Cc1ccc(OC2CCN(C(=O)c3ccc(C(=O)CC4CCN(Cc5ccc(OC(F)(F)F)cc5)C[C@H]4F)nc3)CC2)cc1. The van der Waals surface area contributed by atoms with Gasteiger partial charge in [0.05, 0.1) is 5.56 Å². The van der Waals surface area contributed by atoms with Crippen LogP contribution < -0.4 is 9.47 Å². The van der Waals surface area contributed by atoms with Gasteiger partial charge in [0.2, 0.25) is 0 Å². The van der Waals surface area contributed by atoms with Crippen molar-refractivity contribution < 1.29 is 36.6 Å². The average molecular weight is 614 g/mol. The number of Topliss-reactive ketones (excluding diaryl/α,β-unsaturated/α-hetero) is 1. The molecule has 0 N–H and O–H groups in total. The van der Waals surface area contributed by atoms with Gasteiger partial charge in [-0.3, -0.25) is 19.5 Å². The third-order valence-corrected chi connectivity index (χ3v) is 8.12. The number of hydrogen-bond acceptors (Lipinski definition) is 6. The number of pyridine rings is 1. The van der Waals surface area contributed by atoms with E-state index in [0.717, 1.165) is 29.7 Å². The maximum absolute atomic E-state index is 15.0. The Kier molecular flexibility index (Phi) is 9.83. The second kappa shape index (κ2) is 13.8. The number of aryl methyl sites for hydroxylation is 1. The number of carbonyl (C=O) groups excluding carboxylic acids is 2. The van der Waals surface area contributed by atoms with E-state index in [1.165, 1.54) is 36.5 Å². The Morgan fingerprint density at radius 2 is 1.59 bits per heavy atom. The molecule has 0 spiro atoms. The van der Waals surface area contributed by atoms with Crippen LogP contribution in [-0.4, -0.2) is 71.3 Å². The third-order valence-electron chi connectivity index (χ3n) is 8.12. The van der Waals surface area contributed by atoms with E-state index in [1.54, 1.807) is 11.0 Å². The van der Waals surface area contributed by atoms with E-state index < -0.39 is 18.5 Å². The molecule has 11 heteroatoms. The highest BCUT2D eigenvalue weighted by molar-refractivity contribution is 5.97. The minimum Gasteiger partial charge on any atom is -0.490 e. The largest absolute Gasteiger partial charge is 0.573 e. The molecular weight excluding hydrogens is 578 g/mol. The number of ketones is 1. The van der Waals surface area contributed by atoms with Crippen LogP contribution in [0.2, 0.25) is 0 Å². The van der Waals surface area contributed by atoms with Gasteiger partial charge in [-0.1, -0.05) is 29.8 Å². The molecule has 2 aliphatic rings. The van der Waals surface area contributed by atoms with E-state index in [2.05, 4.69) is 9.72 Å². The summed E-state index contributed by atoms with van der Waals surface area (Å²) in [7, 11) is 0. The summed E-state index contributed by atoms with van der Waals surface area (Å²) in [4.78, 5) is 33.8. The molecule has 2 saturated heterocycles. The summed E-state index contributed by atoms with van der Waals surface area (Å²) < 4.78 is 62.1. The number of ether oxygens (including phenoxy) is 2. The lowest BCUT2D eigenvalue weighted by Crippen LogP contribution is -2.42. The van der Waals surface area contributed by atoms with Crippen molar-refractivity contribution >= 4 is 11.7 Å². The first-order chi connectivity index (χ1) is 21.0. The van der Waals surface area contributed by atoms with E-state index in [4.69, 9.17) is 4.74 Å². The van der Waals surface area contributed by atoms with Crippen LogP contribution in [0, 0.1) is 12.8 Å². The summed E-state index contributed by atoms with van der Waals surface area (Å²) in [5.41, 5.74) is 2.49. The summed E-state index contributed by atoms with van der Waals surface area (Å²) in [5, 5.41) is 0. The first kappa shape index (κ1) is 31.4. The summed E-state index contributed by atoms with van der Waals surface area (Å²) in [5.74, 6) is -0.380. The molecule has 44 heavy (non-hydrogen) atoms. The Balaban J connectivity index is 1.06. The lowest BCUT2D eigenvalue weighted by Gasteiger charge is -2.34. The lowest BCUT2D eigenvalue weighted by atomic mass is 9.89. The zero-order valence-corrected chi connectivity index (χ0v) is 24.4. The summed E-state index contributed by atoms with van der Waals surface area (Å²) in [6, 6.07) is 16.5. The Labute approximate surface area is 253 Å². The highest BCUT2D eigenvalue weighted by Crippen LogP contribution is 2.28. The van der Waals surface area contributed by atoms with Crippen molar-refractivity contribution in [3.05, 3.63) is 89.2 Å². The zero-order valence-electron chi connectivity index (χ0n) is 24.4. The molecular formula is C33H35F4N3O4. The highest BCUT2D eigenvalue weighted by Gasteiger charge is 2.33. The molecule has 0 radical (unpaired) electrons. The molecule has 2 aromatic carbocycles. The van der Waals surface area contributed by atoms with E-state index in [1.807, 2.05) is 36.1 Å². The Morgan fingerprint density at radius 3 is 2.20 bits per heavy atom. The Morgan fingerprint density at radius 1 is 0.909 bits per heavy atom. The molecule has 0 bridgehead atoms. The van der Waals surface area contributed by atoms with Crippen molar-refractivity contribution in [1.82, 2.24) is 14.8 Å². The van der Waals surface area contributed by atoms with Crippen molar-refractivity contribution in [3.63, 3.8) is 0 Å². The molecule has 5 rings (SSSR count). The fraction of sp³-hybridized carbons (Fsp3) is 0.424. The number of likely N-dealkylation sites (tertiary alicyclic amines) is 2. The maximum atomic E-state index is 15.0. The average Bonchev–Trinajstić information content (AvgIpc) is 3.00. The number of alkyl halides is 4. The predicted molar refractivity (Wildman–Crippen MR) is 155 cm³/mol. The molecule has 0 saturated carbocycles. The number of aromatic nitrogens is 1. The van der Waals surface area contributed by atoms with E-state index in [-0.39, 0.29) is 42.2 Å². The van der Waals surface area contributed by atoms with Gasteiger partial charge in [-0.15, -0.1) is 13.2 Å². The summed E-state index contributed by atoms with van der Waals surface area (Å²) in [6.07, 6.45) is -2.64. The first-order valence-electron chi connectivity index (χ1n) is 14.8. The van der Waals surface area contributed by atoms with Crippen molar-refractivity contribution in [2.45, 2.75) is 57.8 Å². The van der Waals surface area contributed by atoms with Crippen LogP contribution in [0.1, 0.15) is 57.7 Å².